The van der Waals surface area contributed by atoms with Crippen LogP contribution in [-0.4, -0.2) is 31.1 Å². The fourth-order valence-electron chi connectivity index (χ4n) is 1.45. The summed E-state index contributed by atoms with van der Waals surface area (Å²) < 4.78 is 4.74. The molecule has 0 unspecified atom stereocenters. The van der Waals surface area contributed by atoms with E-state index in [1.807, 2.05) is 0 Å². The summed E-state index contributed by atoms with van der Waals surface area (Å²) in [6.45, 7) is 8.74. The molecule has 0 heterocycles. The Morgan fingerprint density at radius 2 is 1.44 bits per heavy atom. The second kappa shape index (κ2) is 6.23. The van der Waals surface area contributed by atoms with Crippen molar-refractivity contribution in [2.24, 2.45) is 10.8 Å². The number of Topliss-reactive ketones (excluding diaryl/α,β-unsaturated/α-hetero) is 3. The summed E-state index contributed by atoms with van der Waals surface area (Å²) >= 11 is 0. The molecule has 18 heavy (non-hydrogen) atoms. The van der Waals surface area contributed by atoms with E-state index in [1.165, 1.54) is 7.11 Å². The highest BCUT2D eigenvalue weighted by molar-refractivity contribution is 6.04. The van der Waals surface area contributed by atoms with Crippen LogP contribution in [0.1, 0.15) is 47.5 Å². The van der Waals surface area contributed by atoms with Gasteiger partial charge >= 0.3 is 0 Å². The maximum atomic E-state index is 12.0. The second-order valence-corrected chi connectivity index (χ2v) is 6.31. The van der Waals surface area contributed by atoms with Crippen molar-refractivity contribution >= 4 is 17.3 Å². The van der Waals surface area contributed by atoms with Crippen molar-refractivity contribution < 1.29 is 19.1 Å². The zero-order chi connectivity index (χ0) is 14.6. The summed E-state index contributed by atoms with van der Waals surface area (Å²) in [5.74, 6) is -0.411. The Morgan fingerprint density at radius 3 is 1.83 bits per heavy atom. The quantitative estimate of drug-likeness (QED) is 0.655. The molecular formula is C14H24O4. The molecule has 0 aliphatic carbocycles. The third-order valence-electron chi connectivity index (χ3n) is 2.86. The molecule has 104 valence electrons. The lowest BCUT2D eigenvalue weighted by Crippen LogP contribution is -2.33. The number of ketones is 3. The fraction of sp³-hybridized carbons (Fsp3) is 0.786. The molecule has 0 rings (SSSR count). The maximum absolute atomic E-state index is 12.0. The van der Waals surface area contributed by atoms with Gasteiger partial charge in [-0.15, -0.1) is 0 Å². The Labute approximate surface area is 109 Å². The van der Waals surface area contributed by atoms with Gasteiger partial charge in [0, 0.05) is 24.4 Å². The molecule has 0 saturated carbocycles. The summed E-state index contributed by atoms with van der Waals surface area (Å²) in [5.41, 5.74) is -1.33. The highest BCUT2D eigenvalue weighted by Crippen LogP contribution is 2.26. The van der Waals surface area contributed by atoms with Gasteiger partial charge in [-0.3, -0.25) is 14.4 Å². The predicted molar refractivity (Wildman–Crippen MR) is 69.4 cm³/mol. The van der Waals surface area contributed by atoms with Crippen LogP contribution in [0, 0.1) is 10.8 Å². The first kappa shape index (κ1) is 17.0. The molecule has 0 saturated heterocycles. The van der Waals surface area contributed by atoms with Gasteiger partial charge in [-0.1, -0.05) is 34.6 Å². The van der Waals surface area contributed by atoms with Crippen molar-refractivity contribution in [2.75, 3.05) is 13.7 Å². The lowest BCUT2D eigenvalue weighted by molar-refractivity contribution is -0.138. The van der Waals surface area contributed by atoms with Crippen LogP contribution < -0.4 is 0 Å². The zero-order valence-electron chi connectivity index (χ0n) is 12.3. The molecule has 0 bridgehead atoms. The van der Waals surface area contributed by atoms with Gasteiger partial charge in [0.1, 0.15) is 18.2 Å². The molecule has 4 heteroatoms. The van der Waals surface area contributed by atoms with E-state index < -0.39 is 10.8 Å². The van der Waals surface area contributed by atoms with E-state index in [2.05, 4.69) is 0 Å². The van der Waals surface area contributed by atoms with Gasteiger partial charge in [-0.2, -0.15) is 0 Å². The van der Waals surface area contributed by atoms with E-state index in [4.69, 9.17) is 4.74 Å². The van der Waals surface area contributed by atoms with Crippen LogP contribution in [0.15, 0.2) is 0 Å². The van der Waals surface area contributed by atoms with Gasteiger partial charge in [0.2, 0.25) is 0 Å². The van der Waals surface area contributed by atoms with Gasteiger partial charge in [0.25, 0.3) is 0 Å². The number of rotatable bonds is 7. The number of ether oxygens (including phenoxy) is 1. The number of carbonyl (C=O) groups excluding carboxylic acids is 3. The van der Waals surface area contributed by atoms with Crippen molar-refractivity contribution in [2.45, 2.75) is 47.5 Å². The van der Waals surface area contributed by atoms with Crippen LogP contribution in [0.2, 0.25) is 0 Å². The summed E-state index contributed by atoms with van der Waals surface area (Å²) in [4.78, 5) is 35.3. The molecule has 0 aliphatic heterocycles. The van der Waals surface area contributed by atoms with Gasteiger partial charge in [-0.25, -0.2) is 0 Å². The third-order valence-corrected chi connectivity index (χ3v) is 2.86. The van der Waals surface area contributed by atoms with Crippen molar-refractivity contribution in [3.05, 3.63) is 0 Å². The first-order valence-corrected chi connectivity index (χ1v) is 6.08. The minimum atomic E-state index is -0.809. The van der Waals surface area contributed by atoms with Crippen molar-refractivity contribution in [1.82, 2.24) is 0 Å². The highest BCUT2D eigenvalue weighted by Gasteiger charge is 2.33. The van der Waals surface area contributed by atoms with Crippen LogP contribution >= 0.6 is 0 Å². The maximum Gasteiger partial charge on any atom is 0.159 e. The average molecular weight is 256 g/mol. The van der Waals surface area contributed by atoms with E-state index >= 15 is 0 Å². The monoisotopic (exact) mass is 256 g/mol. The highest BCUT2D eigenvalue weighted by atomic mass is 16.5. The SMILES string of the molecule is COCC(=O)CC(C)(C)C(=O)CC(=O)C(C)(C)C. The van der Waals surface area contributed by atoms with Crippen molar-refractivity contribution in [3.63, 3.8) is 0 Å². The zero-order valence-corrected chi connectivity index (χ0v) is 12.3. The summed E-state index contributed by atoms with van der Waals surface area (Å²) in [5, 5.41) is 0. The Bertz CT molecular complexity index is 334. The summed E-state index contributed by atoms with van der Waals surface area (Å²) in [6.07, 6.45) is -0.00609. The molecule has 0 spiro atoms. The smallest absolute Gasteiger partial charge is 0.159 e. The fourth-order valence-corrected chi connectivity index (χ4v) is 1.45. The van der Waals surface area contributed by atoms with Gasteiger partial charge in [0.15, 0.2) is 5.78 Å². The first-order chi connectivity index (χ1) is 8.00. The van der Waals surface area contributed by atoms with Crippen LogP contribution in [0.5, 0.6) is 0 Å². The van der Waals surface area contributed by atoms with Gasteiger partial charge in [0.05, 0.1) is 6.42 Å². The standard InChI is InChI=1S/C14H24O4/c1-13(2,3)11(16)7-12(17)14(4,5)8-10(15)9-18-6/h7-9H2,1-6H3. The molecule has 0 aromatic rings. The Hall–Kier alpha value is -1.03. The lowest BCUT2D eigenvalue weighted by Gasteiger charge is -2.24. The normalized spacial score (nSPS) is 12.3. The van der Waals surface area contributed by atoms with Crippen LogP contribution in [0.3, 0.4) is 0 Å². The number of hydrogen-bond donors (Lipinski definition) is 0. The Morgan fingerprint density at radius 1 is 0.944 bits per heavy atom. The molecule has 0 amide bonds. The molecule has 0 atom stereocenters. The van der Waals surface area contributed by atoms with Gasteiger partial charge in [-0.05, 0) is 0 Å². The van der Waals surface area contributed by atoms with Crippen molar-refractivity contribution in [3.8, 4) is 0 Å². The topological polar surface area (TPSA) is 60.4 Å². The number of methoxy groups -OCH3 is 1. The summed E-state index contributed by atoms with van der Waals surface area (Å²) in [7, 11) is 1.44. The Kier molecular flexibility index (Phi) is 5.87. The van der Waals surface area contributed by atoms with E-state index in [1.54, 1.807) is 34.6 Å². The molecule has 0 radical (unpaired) electrons. The molecule has 0 N–H and O–H groups in total. The lowest BCUT2D eigenvalue weighted by atomic mass is 9.78. The van der Waals surface area contributed by atoms with E-state index in [-0.39, 0.29) is 36.8 Å². The Balaban J connectivity index is 4.58. The second-order valence-electron chi connectivity index (χ2n) is 6.31. The van der Waals surface area contributed by atoms with E-state index in [0.717, 1.165) is 0 Å². The average Bonchev–Trinajstić information content (AvgIpc) is 2.15. The number of hydrogen-bond acceptors (Lipinski definition) is 4. The molecule has 0 aromatic carbocycles. The number of carbonyl (C=O) groups is 3. The van der Waals surface area contributed by atoms with E-state index in [0.29, 0.717) is 0 Å². The molecule has 0 aliphatic rings. The largest absolute Gasteiger partial charge is 0.377 e. The molecule has 0 aromatic heterocycles. The van der Waals surface area contributed by atoms with E-state index in [9.17, 15) is 14.4 Å². The van der Waals surface area contributed by atoms with Crippen molar-refractivity contribution in [1.29, 1.82) is 0 Å². The predicted octanol–water partition coefficient (Wildman–Crippen LogP) is 2.19. The molecule has 0 fully saturated rings. The van der Waals surface area contributed by atoms with Crippen LogP contribution in [0.25, 0.3) is 0 Å². The minimum absolute atomic E-state index is 0.00390. The third kappa shape index (κ3) is 5.54. The van der Waals surface area contributed by atoms with Crippen LogP contribution in [-0.2, 0) is 19.1 Å². The van der Waals surface area contributed by atoms with Gasteiger partial charge < -0.3 is 4.74 Å². The summed E-state index contributed by atoms with van der Waals surface area (Å²) in [6, 6.07) is 0. The molecule has 4 nitrogen and oxygen atoms in total. The minimum Gasteiger partial charge on any atom is -0.377 e. The molecular weight excluding hydrogens is 232 g/mol. The van der Waals surface area contributed by atoms with Crippen LogP contribution in [0.4, 0.5) is 0 Å². The first-order valence-electron chi connectivity index (χ1n) is 6.08.